The standard InChI is InChI=1S/C15H19BrN2O/c16-12-3-1-2-9(4-12)15(19)18-14-7-10-5-13(17)6-11(10)8-14/h1-4,10-11,13-14H,5-8,17H2,(H,18,19). The number of hydrogen-bond donors (Lipinski definition) is 2. The molecule has 2 saturated carbocycles. The fraction of sp³-hybridized carbons (Fsp3) is 0.533. The molecule has 2 aliphatic carbocycles. The van der Waals surface area contributed by atoms with E-state index in [9.17, 15) is 4.79 Å². The minimum Gasteiger partial charge on any atom is -0.349 e. The number of fused-ring (bicyclic) bond motifs is 1. The molecular formula is C15H19BrN2O. The fourth-order valence-corrected chi connectivity index (χ4v) is 4.08. The molecule has 0 spiro atoms. The van der Waals surface area contributed by atoms with Crippen molar-refractivity contribution in [1.29, 1.82) is 0 Å². The van der Waals surface area contributed by atoms with Gasteiger partial charge in [-0.2, -0.15) is 0 Å². The maximum Gasteiger partial charge on any atom is 0.251 e. The first kappa shape index (κ1) is 13.1. The second-order valence-corrected chi connectivity index (χ2v) is 6.82. The molecule has 0 heterocycles. The molecule has 0 aromatic heterocycles. The Morgan fingerprint density at radius 3 is 2.53 bits per heavy atom. The molecule has 4 heteroatoms. The summed E-state index contributed by atoms with van der Waals surface area (Å²) in [5.41, 5.74) is 6.71. The highest BCUT2D eigenvalue weighted by molar-refractivity contribution is 9.10. The number of rotatable bonds is 2. The van der Waals surface area contributed by atoms with E-state index in [2.05, 4.69) is 21.2 Å². The lowest BCUT2D eigenvalue weighted by molar-refractivity contribution is 0.0936. The van der Waals surface area contributed by atoms with Crippen LogP contribution in [0.3, 0.4) is 0 Å². The summed E-state index contributed by atoms with van der Waals surface area (Å²) >= 11 is 3.40. The van der Waals surface area contributed by atoms with Gasteiger partial charge in [0.05, 0.1) is 0 Å². The summed E-state index contributed by atoms with van der Waals surface area (Å²) in [6.07, 6.45) is 4.46. The molecule has 0 saturated heterocycles. The first-order chi connectivity index (χ1) is 9.11. The van der Waals surface area contributed by atoms with Crippen LogP contribution in [0.1, 0.15) is 36.0 Å². The average molecular weight is 323 g/mol. The fourth-order valence-electron chi connectivity index (χ4n) is 3.68. The zero-order valence-corrected chi connectivity index (χ0v) is 12.4. The molecule has 2 atom stereocenters. The Morgan fingerprint density at radius 1 is 1.21 bits per heavy atom. The summed E-state index contributed by atoms with van der Waals surface area (Å²) in [4.78, 5) is 12.2. The van der Waals surface area contributed by atoms with Crippen molar-refractivity contribution in [2.24, 2.45) is 17.6 Å². The summed E-state index contributed by atoms with van der Waals surface area (Å²) in [5.74, 6) is 1.49. The molecule has 19 heavy (non-hydrogen) atoms. The Labute approximate surface area is 122 Å². The normalized spacial score (nSPS) is 33.2. The van der Waals surface area contributed by atoms with Gasteiger partial charge in [-0.05, 0) is 55.7 Å². The van der Waals surface area contributed by atoms with Crippen molar-refractivity contribution >= 4 is 21.8 Å². The molecule has 3 nitrogen and oxygen atoms in total. The number of halogens is 1. The molecule has 3 rings (SSSR count). The van der Waals surface area contributed by atoms with Crippen molar-refractivity contribution in [2.75, 3.05) is 0 Å². The van der Waals surface area contributed by atoms with E-state index in [4.69, 9.17) is 5.73 Å². The first-order valence-electron chi connectivity index (χ1n) is 6.94. The van der Waals surface area contributed by atoms with Crippen molar-refractivity contribution in [3.8, 4) is 0 Å². The Bertz CT molecular complexity index is 477. The summed E-state index contributed by atoms with van der Waals surface area (Å²) in [7, 11) is 0. The van der Waals surface area contributed by atoms with Gasteiger partial charge in [0.15, 0.2) is 0 Å². The van der Waals surface area contributed by atoms with Crippen LogP contribution in [0.4, 0.5) is 0 Å². The molecule has 102 valence electrons. The molecule has 0 radical (unpaired) electrons. The van der Waals surface area contributed by atoms with Crippen molar-refractivity contribution in [1.82, 2.24) is 5.32 Å². The average Bonchev–Trinajstić information content (AvgIpc) is 2.85. The van der Waals surface area contributed by atoms with Crippen LogP contribution < -0.4 is 11.1 Å². The maximum absolute atomic E-state index is 12.2. The number of hydrogen-bond acceptors (Lipinski definition) is 2. The Hall–Kier alpha value is -0.870. The molecule has 1 aromatic rings. The monoisotopic (exact) mass is 322 g/mol. The molecule has 1 aromatic carbocycles. The van der Waals surface area contributed by atoms with E-state index in [1.54, 1.807) is 0 Å². The second kappa shape index (κ2) is 5.25. The van der Waals surface area contributed by atoms with Crippen molar-refractivity contribution in [3.63, 3.8) is 0 Å². The lowest BCUT2D eigenvalue weighted by Gasteiger charge is -2.15. The molecule has 2 fully saturated rings. The van der Waals surface area contributed by atoms with Crippen LogP contribution in [0.2, 0.25) is 0 Å². The smallest absolute Gasteiger partial charge is 0.251 e. The molecule has 1 amide bonds. The highest BCUT2D eigenvalue weighted by Crippen LogP contribution is 2.43. The van der Waals surface area contributed by atoms with E-state index in [0.29, 0.717) is 12.1 Å². The topological polar surface area (TPSA) is 55.1 Å². The zero-order valence-electron chi connectivity index (χ0n) is 10.8. The quantitative estimate of drug-likeness (QED) is 0.879. The number of carbonyl (C=O) groups is 1. The Morgan fingerprint density at radius 2 is 1.89 bits per heavy atom. The minimum absolute atomic E-state index is 0.0376. The van der Waals surface area contributed by atoms with Crippen LogP contribution in [-0.4, -0.2) is 18.0 Å². The maximum atomic E-state index is 12.2. The van der Waals surface area contributed by atoms with Crippen molar-refractivity contribution < 1.29 is 4.79 Å². The summed E-state index contributed by atoms with van der Waals surface area (Å²) in [6.45, 7) is 0. The molecular weight excluding hydrogens is 304 g/mol. The van der Waals surface area contributed by atoms with Crippen LogP contribution in [0.15, 0.2) is 28.7 Å². The van der Waals surface area contributed by atoms with Gasteiger partial charge in [-0.15, -0.1) is 0 Å². The van der Waals surface area contributed by atoms with E-state index in [1.165, 1.54) is 0 Å². The number of nitrogens with one attached hydrogen (secondary N) is 1. The largest absolute Gasteiger partial charge is 0.349 e. The zero-order chi connectivity index (χ0) is 13.4. The van der Waals surface area contributed by atoms with Gasteiger partial charge in [0, 0.05) is 22.1 Å². The summed E-state index contributed by atoms with van der Waals surface area (Å²) in [5, 5.41) is 3.17. The van der Waals surface area contributed by atoms with Crippen molar-refractivity contribution in [3.05, 3.63) is 34.3 Å². The van der Waals surface area contributed by atoms with Gasteiger partial charge in [0.1, 0.15) is 0 Å². The van der Waals surface area contributed by atoms with Gasteiger partial charge in [0.25, 0.3) is 5.91 Å². The van der Waals surface area contributed by atoms with Crippen LogP contribution in [-0.2, 0) is 0 Å². The van der Waals surface area contributed by atoms with E-state index < -0.39 is 0 Å². The Kier molecular flexibility index (Phi) is 3.63. The van der Waals surface area contributed by atoms with Gasteiger partial charge >= 0.3 is 0 Å². The minimum atomic E-state index is 0.0376. The van der Waals surface area contributed by atoms with Gasteiger partial charge < -0.3 is 11.1 Å². The second-order valence-electron chi connectivity index (χ2n) is 5.90. The molecule has 2 unspecified atom stereocenters. The van der Waals surface area contributed by atoms with E-state index in [0.717, 1.165) is 47.6 Å². The highest BCUT2D eigenvalue weighted by Gasteiger charge is 2.40. The highest BCUT2D eigenvalue weighted by atomic mass is 79.9. The first-order valence-corrected chi connectivity index (χ1v) is 7.73. The van der Waals surface area contributed by atoms with E-state index >= 15 is 0 Å². The third kappa shape index (κ3) is 2.84. The lowest BCUT2D eigenvalue weighted by atomic mass is 10.0. The van der Waals surface area contributed by atoms with Crippen LogP contribution in [0, 0.1) is 11.8 Å². The number of amides is 1. The summed E-state index contributed by atoms with van der Waals surface area (Å²) in [6, 6.07) is 8.25. The molecule has 0 bridgehead atoms. The van der Waals surface area contributed by atoms with Crippen LogP contribution in [0.5, 0.6) is 0 Å². The van der Waals surface area contributed by atoms with Crippen LogP contribution in [0.25, 0.3) is 0 Å². The van der Waals surface area contributed by atoms with E-state index in [-0.39, 0.29) is 5.91 Å². The van der Waals surface area contributed by atoms with Gasteiger partial charge in [-0.25, -0.2) is 0 Å². The third-order valence-electron chi connectivity index (χ3n) is 4.47. The number of carbonyl (C=O) groups excluding carboxylic acids is 1. The SMILES string of the molecule is NC1CC2CC(NC(=O)c3cccc(Br)c3)CC2C1. The molecule has 3 N–H and O–H groups in total. The van der Waals surface area contributed by atoms with Gasteiger partial charge in [-0.3, -0.25) is 4.79 Å². The molecule has 2 aliphatic rings. The predicted octanol–water partition coefficient (Wildman–Crippen LogP) is 2.69. The lowest BCUT2D eigenvalue weighted by Crippen LogP contribution is -2.33. The number of benzene rings is 1. The molecule has 0 aliphatic heterocycles. The number of nitrogens with two attached hydrogens (primary N) is 1. The van der Waals surface area contributed by atoms with Gasteiger partial charge in [-0.1, -0.05) is 22.0 Å². The van der Waals surface area contributed by atoms with E-state index in [1.807, 2.05) is 24.3 Å². The van der Waals surface area contributed by atoms with Crippen molar-refractivity contribution in [2.45, 2.75) is 37.8 Å². The Balaban J connectivity index is 1.60. The third-order valence-corrected chi connectivity index (χ3v) is 4.97. The van der Waals surface area contributed by atoms with Crippen LogP contribution >= 0.6 is 15.9 Å². The predicted molar refractivity (Wildman–Crippen MR) is 78.8 cm³/mol. The summed E-state index contributed by atoms with van der Waals surface area (Å²) < 4.78 is 0.939. The van der Waals surface area contributed by atoms with Gasteiger partial charge in [0.2, 0.25) is 0 Å².